The smallest absolute Gasteiger partial charge is 0.410 e. The van der Waals surface area contributed by atoms with E-state index in [1.54, 1.807) is 17.2 Å². The highest BCUT2D eigenvalue weighted by Crippen LogP contribution is 2.24. The number of benzene rings is 4. The molecule has 7 heteroatoms. The molecular weight excluding hydrogens is 452 g/mol. The third kappa shape index (κ3) is 5.20. The number of nitrogens with two attached hydrogens (primary N) is 1. The first-order valence-corrected chi connectivity index (χ1v) is 11.7. The van der Waals surface area contributed by atoms with Crippen molar-refractivity contribution in [2.45, 2.75) is 19.6 Å². The van der Waals surface area contributed by atoms with E-state index in [0.717, 1.165) is 38.7 Å². The van der Waals surface area contributed by atoms with E-state index in [4.69, 9.17) is 10.6 Å². The van der Waals surface area contributed by atoms with Gasteiger partial charge < -0.3 is 20.8 Å². The molecule has 4 aromatic carbocycles. The van der Waals surface area contributed by atoms with Gasteiger partial charge in [-0.3, -0.25) is 4.79 Å². The number of carbonyl (C=O) groups excluding carboxylic acids is 2. The zero-order valence-electron chi connectivity index (χ0n) is 19.7. The number of fused-ring (bicyclic) bond motifs is 2. The molecule has 0 aromatic heterocycles. The van der Waals surface area contributed by atoms with Gasteiger partial charge in [-0.25, -0.2) is 4.79 Å². The molecule has 7 nitrogen and oxygen atoms in total. The SMILES string of the molecule is NN=Cc1ccc2cc(C(=O)Nc3ccc4c(c3)CCN(C(=O)OCc3ccccc3)C4)ccc2c1. The Bertz CT molecular complexity index is 1450. The van der Waals surface area contributed by atoms with Crippen LogP contribution in [0.1, 0.15) is 32.6 Å². The summed E-state index contributed by atoms with van der Waals surface area (Å²) in [6, 6.07) is 26.9. The van der Waals surface area contributed by atoms with Crippen molar-refractivity contribution in [2.75, 3.05) is 11.9 Å². The monoisotopic (exact) mass is 478 g/mol. The Hall–Kier alpha value is -4.65. The Balaban J connectivity index is 1.22. The molecule has 0 saturated carbocycles. The number of hydrogen-bond acceptors (Lipinski definition) is 5. The molecular formula is C29H26N4O3. The van der Waals surface area contributed by atoms with Crippen LogP contribution in [-0.4, -0.2) is 29.7 Å². The van der Waals surface area contributed by atoms with Crippen LogP contribution in [0.3, 0.4) is 0 Å². The number of hydrogen-bond donors (Lipinski definition) is 2. The standard InChI is InChI=1S/C29H26N4O3/c30-31-17-21-6-7-23-15-25(9-8-22(23)14-21)28(34)32-27-11-10-26-18-33(13-12-24(26)16-27)29(35)36-19-20-4-2-1-3-5-20/h1-11,14-17H,12-13,18-19,30H2,(H,32,34). The summed E-state index contributed by atoms with van der Waals surface area (Å²) >= 11 is 0. The molecule has 0 fully saturated rings. The zero-order chi connectivity index (χ0) is 24.9. The maximum Gasteiger partial charge on any atom is 0.410 e. The fourth-order valence-electron chi connectivity index (χ4n) is 4.37. The molecule has 0 radical (unpaired) electrons. The van der Waals surface area contributed by atoms with Crippen LogP contribution >= 0.6 is 0 Å². The molecule has 1 aliphatic heterocycles. The van der Waals surface area contributed by atoms with Gasteiger partial charge in [0.05, 0.1) is 6.21 Å². The van der Waals surface area contributed by atoms with Crippen molar-refractivity contribution >= 4 is 34.7 Å². The summed E-state index contributed by atoms with van der Waals surface area (Å²) in [7, 11) is 0. The summed E-state index contributed by atoms with van der Waals surface area (Å²) in [6.45, 7) is 1.31. The lowest BCUT2D eigenvalue weighted by molar-refractivity contribution is 0.0918. The van der Waals surface area contributed by atoms with Crippen molar-refractivity contribution in [3.8, 4) is 0 Å². The Morgan fingerprint density at radius 1 is 0.944 bits per heavy atom. The molecule has 5 rings (SSSR count). The minimum Gasteiger partial charge on any atom is -0.445 e. The molecule has 0 bridgehead atoms. The first kappa shape index (κ1) is 23.1. The van der Waals surface area contributed by atoms with Gasteiger partial charge in [0.25, 0.3) is 5.91 Å². The van der Waals surface area contributed by atoms with Gasteiger partial charge in [0.2, 0.25) is 0 Å². The molecule has 4 aromatic rings. The van der Waals surface area contributed by atoms with E-state index in [9.17, 15) is 9.59 Å². The fraction of sp³-hybridized carbons (Fsp3) is 0.138. The van der Waals surface area contributed by atoms with Gasteiger partial charge in [-0.1, -0.05) is 54.6 Å². The summed E-state index contributed by atoms with van der Waals surface area (Å²) in [5.41, 5.74) is 5.34. The lowest BCUT2D eigenvalue weighted by Crippen LogP contribution is -2.36. The van der Waals surface area contributed by atoms with Crippen LogP contribution in [0.2, 0.25) is 0 Å². The number of ether oxygens (including phenoxy) is 1. The lowest BCUT2D eigenvalue weighted by atomic mass is 9.99. The predicted molar refractivity (Wildman–Crippen MR) is 141 cm³/mol. The number of nitrogens with one attached hydrogen (secondary N) is 1. The van der Waals surface area contributed by atoms with Gasteiger partial charge in [0, 0.05) is 24.3 Å². The molecule has 180 valence electrons. The quantitative estimate of drug-likeness (QED) is 0.237. The third-order valence-electron chi connectivity index (χ3n) is 6.29. The van der Waals surface area contributed by atoms with E-state index >= 15 is 0 Å². The molecule has 0 saturated heterocycles. The fourth-order valence-corrected chi connectivity index (χ4v) is 4.37. The Labute approximate surface area is 209 Å². The molecule has 0 atom stereocenters. The molecule has 0 unspecified atom stereocenters. The molecule has 3 N–H and O–H groups in total. The summed E-state index contributed by atoms with van der Waals surface area (Å²) < 4.78 is 5.48. The van der Waals surface area contributed by atoms with Crippen LogP contribution < -0.4 is 11.2 Å². The van der Waals surface area contributed by atoms with E-state index in [1.807, 2.05) is 78.9 Å². The topological polar surface area (TPSA) is 97.0 Å². The summed E-state index contributed by atoms with van der Waals surface area (Å²) in [5, 5.41) is 8.51. The van der Waals surface area contributed by atoms with E-state index in [2.05, 4.69) is 10.4 Å². The van der Waals surface area contributed by atoms with Crippen molar-refractivity contribution < 1.29 is 14.3 Å². The van der Waals surface area contributed by atoms with Crippen LogP contribution in [0.5, 0.6) is 0 Å². The Morgan fingerprint density at radius 3 is 2.58 bits per heavy atom. The van der Waals surface area contributed by atoms with Crippen LogP contribution in [0.15, 0.2) is 90.0 Å². The van der Waals surface area contributed by atoms with Crippen molar-refractivity contribution in [1.29, 1.82) is 0 Å². The number of amides is 2. The van der Waals surface area contributed by atoms with Gasteiger partial charge >= 0.3 is 6.09 Å². The number of rotatable bonds is 5. The van der Waals surface area contributed by atoms with Gasteiger partial charge in [-0.2, -0.15) is 5.10 Å². The number of hydrazone groups is 1. The first-order chi connectivity index (χ1) is 17.6. The highest BCUT2D eigenvalue weighted by molar-refractivity contribution is 6.06. The molecule has 0 spiro atoms. The normalized spacial score (nSPS) is 12.9. The second kappa shape index (κ2) is 10.3. The third-order valence-corrected chi connectivity index (χ3v) is 6.29. The maximum absolute atomic E-state index is 12.9. The van der Waals surface area contributed by atoms with Crippen LogP contribution in [0, 0.1) is 0 Å². The van der Waals surface area contributed by atoms with Gasteiger partial charge in [0.15, 0.2) is 0 Å². The van der Waals surface area contributed by atoms with Gasteiger partial charge in [-0.05, 0) is 69.8 Å². The second-order valence-electron chi connectivity index (χ2n) is 8.75. The van der Waals surface area contributed by atoms with Crippen molar-refractivity contribution in [2.24, 2.45) is 10.9 Å². The van der Waals surface area contributed by atoms with Gasteiger partial charge in [-0.15, -0.1) is 0 Å². The van der Waals surface area contributed by atoms with E-state index in [1.165, 1.54) is 0 Å². The second-order valence-corrected chi connectivity index (χ2v) is 8.75. The highest BCUT2D eigenvalue weighted by atomic mass is 16.6. The van der Waals surface area contributed by atoms with Crippen molar-refractivity contribution in [3.05, 3.63) is 113 Å². The average molecular weight is 479 g/mol. The van der Waals surface area contributed by atoms with Crippen LogP contribution in [-0.2, 0) is 24.3 Å². The maximum atomic E-state index is 12.9. The van der Waals surface area contributed by atoms with E-state index in [-0.39, 0.29) is 18.6 Å². The Kier molecular flexibility index (Phi) is 6.62. The van der Waals surface area contributed by atoms with Crippen LogP contribution in [0.4, 0.5) is 10.5 Å². The number of anilines is 1. The summed E-state index contributed by atoms with van der Waals surface area (Å²) in [4.78, 5) is 27.1. The van der Waals surface area contributed by atoms with Crippen molar-refractivity contribution in [3.63, 3.8) is 0 Å². The number of nitrogens with zero attached hydrogens (tertiary/aromatic N) is 2. The molecule has 1 aliphatic rings. The predicted octanol–water partition coefficient (Wildman–Crippen LogP) is 5.08. The highest BCUT2D eigenvalue weighted by Gasteiger charge is 2.22. The van der Waals surface area contributed by atoms with E-state index in [0.29, 0.717) is 25.1 Å². The largest absolute Gasteiger partial charge is 0.445 e. The van der Waals surface area contributed by atoms with Gasteiger partial charge in [0.1, 0.15) is 6.61 Å². The van der Waals surface area contributed by atoms with Crippen molar-refractivity contribution in [1.82, 2.24) is 4.90 Å². The zero-order valence-corrected chi connectivity index (χ0v) is 19.7. The summed E-state index contributed by atoms with van der Waals surface area (Å²) in [6.07, 6.45) is 1.97. The molecule has 0 aliphatic carbocycles. The number of carbonyl (C=O) groups is 2. The average Bonchev–Trinajstić information content (AvgIpc) is 2.92. The Morgan fingerprint density at radius 2 is 1.75 bits per heavy atom. The minimum absolute atomic E-state index is 0.175. The molecule has 1 heterocycles. The lowest BCUT2D eigenvalue weighted by Gasteiger charge is -2.28. The molecule has 36 heavy (non-hydrogen) atoms. The first-order valence-electron chi connectivity index (χ1n) is 11.7. The molecule has 2 amide bonds. The van der Waals surface area contributed by atoms with E-state index < -0.39 is 0 Å². The van der Waals surface area contributed by atoms with Crippen LogP contribution in [0.25, 0.3) is 10.8 Å². The minimum atomic E-state index is -0.319. The summed E-state index contributed by atoms with van der Waals surface area (Å²) in [5.74, 6) is 5.06.